The molecule has 0 saturated heterocycles. The Morgan fingerprint density at radius 2 is 2.35 bits per heavy atom. The van der Waals surface area contributed by atoms with E-state index < -0.39 is 0 Å². The number of rotatable bonds is 3. The van der Waals surface area contributed by atoms with Gasteiger partial charge in [-0.15, -0.1) is 16.4 Å². The van der Waals surface area contributed by atoms with E-state index in [2.05, 4.69) is 20.2 Å². The van der Waals surface area contributed by atoms with Crippen molar-refractivity contribution in [3.05, 3.63) is 27.7 Å². The average Bonchev–Trinajstić information content (AvgIpc) is 2.87. The molecule has 0 aliphatic heterocycles. The van der Waals surface area contributed by atoms with Crippen LogP contribution >= 0.6 is 11.3 Å². The van der Waals surface area contributed by atoms with Crippen LogP contribution in [0.3, 0.4) is 0 Å². The minimum Gasteiger partial charge on any atom is -0.409 e. The number of nitrogens with zero attached hydrogens (tertiary/aromatic N) is 5. The maximum absolute atomic E-state index is 8.49. The molecular formula is C9H12N6OS. The largest absolute Gasteiger partial charge is 0.409 e. The second-order valence-electron chi connectivity index (χ2n) is 3.50. The number of aryl methyl sites for hydroxylation is 2. The monoisotopic (exact) mass is 252 g/mol. The third-order valence-electron chi connectivity index (χ3n) is 2.24. The molecule has 2 heterocycles. The van der Waals surface area contributed by atoms with Crippen LogP contribution in [0.1, 0.15) is 21.4 Å². The molecule has 0 spiro atoms. The molecule has 0 saturated carbocycles. The summed E-state index contributed by atoms with van der Waals surface area (Å²) in [6, 6.07) is 0. The molecule has 2 rings (SSSR count). The van der Waals surface area contributed by atoms with Crippen LogP contribution in [0.4, 0.5) is 0 Å². The molecule has 3 N–H and O–H groups in total. The topological polar surface area (TPSA) is 102 Å². The number of aromatic nitrogens is 4. The van der Waals surface area contributed by atoms with Gasteiger partial charge in [0.2, 0.25) is 11.7 Å². The van der Waals surface area contributed by atoms with E-state index in [1.54, 1.807) is 16.0 Å². The first-order valence-corrected chi connectivity index (χ1v) is 5.72. The molecule has 8 heteroatoms. The van der Waals surface area contributed by atoms with Gasteiger partial charge in [-0.25, -0.2) is 14.6 Å². The molecular weight excluding hydrogens is 240 g/mol. The first-order chi connectivity index (χ1) is 8.10. The van der Waals surface area contributed by atoms with Crippen LogP contribution in [0.25, 0.3) is 0 Å². The van der Waals surface area contributed by atoms with Gasteiger partial charge in [-0.3, -0.25) is 0 Å². The van der Waals surface area contributed by atoms with Crippen LogP contribution in [0.2, 0.25) is 0 Å². The summed E-state index contributed by atoms with van der Waals surface area (Å²) >= 11 is 1.62. The fourth-order valence-electron chi connectivity index (χ4n) is 1.28. The molecule has 0 aliphatic rings. The summed E-state index contributed by atoms with van der Waals surface area (Å²) in [6.07, 6.45) is 1.53. The summed E-state index contributed by atoms with van der Waals surface area (Å²) < 4.78 is 1.60. The van der Waals surface area contributed by atoms with Gasteiger partial charge in [0.25, 0.3) is 0 Å². The Hall–Kier alpha value is -1.96. The van der Waals surface area contributed by atoms with Gasteiger partial charge < -0.3 is 10.9 Å². The molecule has 0 aromatic carbocycles. The van der Waals surface area contributed by atoms with Gasteiger partial charge in [0.1, 0.15) is 11.3 Å². The highest BCUT2D eigenvalue weighted by molar-refractivity contribution is 7.11. The maximum atomic E-state index is 8.49. The first-order valence-electron chi connectivity index (χ1n) is 4.90. The van der Waals surface area contributed by atoms with Crippen LogP contribution in [-0.4, -0.2) is 30.8 Å². The first kappa shape index (κ1) is 11.5. The Morgan fingerprint density at radius 3 is 2.94 bits per heavy atom. The third-order valence-corrected chi connectivity index (χ3v) is 3.30. The fourth-order valence-corrected chi connectivity index (χ4v) is 2.20. The smallest absolute Gasteiger partial charge is 0.219 e. The van der Waals surface area contributed by atoms with Crippen LogP contribution in [0.5, 0.6) is 0 Å². The molecule has 0 unspecified atom stereocenters. The van der Waals surface area contributed by atoms with E-state index in [-0.39, 0.29) is 11.7 Å². The van der Waals surface area contributed by atoms with E-state index in [1.165, 1.54) is 11.2 Å². The van der Waals surface area contributed by atoms with Crippen molar-refractivity contribution >= 4 is 17.2 Å². The Labute approximate surface area is 102 Å². The Balaban J connectivity index is 2.17. The van der Waals surface area contributed by atoms with E-state index in [1.807, 2.05) is 13.8 Å². The lowest BCUT2D eigenvalue weighted by atomic mass is 10.4. The zero-order valence-corrected chi connectivity index (χ0v) is 10.3. The number of oxime groups is 1. The van der Waals surface area contributed by atoms with Crippen molar-refractivity contribution in [1.82, 2.24) is 19.7 Å². The van der Waals surface area contributed by atoms with E-state index in [0.29, 0.717) is 6.54 Å². The van der Waals surface area contributed by atoms with Crippen molar-refractivity contribution in [1.29, 1.82) is 0 Å². The van der Waals surface area contributed by atoms with Crippen molar-refractivity contribution in [3.63, 3.8) is 0 Å². The summed E-state index contributed by atoms with van der Waals surface area (Å²) in [5.41, 5.74) is 6.41. The zero-order chi connectivity index (χ0) is 12.4. The quantitative estimate of drug-likeness (QED) is 0.358. The van der Waals surface area contributed by atoms with Gasteiger partial charge in [-0.05, 0) is 13.8 Å². The number of thiazole rings is 1. The molecule has 2 aromatic heterocycles. The average molecular weight is 252 g/mol. The minimum absolute atomic E-state index is 0.102. The number of nitrogens with two attached hydrogens (primary N) is 1. The lowest BCUT2D eigenvalue weighted by Crippen LogP contribution is -2.15. The molecule has 7 nitrogen and oxygen atoms in total. The molecule has 0 atom stereocenters. The second-order valence-corrected chi connectivity index (χ2v) is 4.79. The van der Waals surface area contributed by atoms with Gasteiger partial charge >= 0.3 is 0 Å². The normalized spacial score (nSPS) is 12.0. The zero-order valence-electron chi connectivity index (χ0n) is 9.45. The summed E-state index contributed by atoms with van der Waals surface area (Å²) in [4.78, 5) is 9.52. The van der Waals surface area contributed by atoms with Crippen LogP contribution in [0.15, 0.2) is 11.5 Å². The molecule has 0 fully saturated rings. The highest BCUT2D eigenvalue weighted by Gasteiger charge is 2.08. The fraction of sp³-hybridized carbons (Fsp3) is 0.333. The van der Waals surface area contributed by atoms with Gasteiger partial charge in [0.05, 0.1) is 12.2 Å². The van der Waals surface area contributed by atoms with Crippen molar-refractivity contribution in [2.45, 2.75) is 20.4 Å². The molecule has 90 valence electrons. The van der Waals surface area contributed by atoms with E-state index in [4.69, 9.17) is 10.9 Å². The predicted molar refractivity (Wildman–Crippen MR) is 63.2 cm³/mol. The van der Waals surface area contributed by atoms with Crippen molar-refractivity contribution < 1.29 is 5.21 Å². The van der Waals surface area contributed by atoms with Gasteiger partial charge in [-0.1, -0.05) is 5.16 Å². The Kier molecular flexibility index (Phi) is 3.05. The second kappa shape index (κ2) is 4.50. The minimum atomic E-state index is -0.102. The van der Waals surface area contributed by atoms with Gasteiger partial charge in [0.15, 0.2) is 0 Å². The summed E-state index contributed by atoms with van der Waals surface area (Å²) in [7, 11) is 0. The predicted octanol–water partition coefficient (Wildman–Crippen LogP) is 0.494. The van der Waals surface area contributed by atoms with Crippen molar-refractivity contribution in [3.8, 4) is 0 Å². The van der Waals surface area contributed by atoms with Crippen molar-refractivity contribution in [2.75, 3.05) is 0 Å². The number of hydrogen-bond donors (Lipinski definition) is 2. The number of amidine groups is 1. The molecule has 0 aliphatic carbocycles. The molecule has 0 amide bonds. The Morgan fingerprint density at radius 1 is 1.59 bits per heavy atom. The standard InChI is InChI=1S/C9H12N6OS/c1-5-6(2)17-7(12-5)3-15-4-11-9(13-15)8(10)14-16/h4,16H,3H2,1-2H3,(H2,10,14). The lowest BCUT2D eigenvalue weighted by molar-refractivity contribution is 0.318. The summed E-state index contributed by atoms with van der Waals surface area (Å²) in [6.45, 7) is 4.53. The highest BCUT2D eigenvalue weighted by Crippen LogP contribution is 2.16. The summed E-state index contributed by atoms with van der Waals surface area (Å²) in [5.74, 6) is 0.104. The van der Waals surface area contributed by atoms with E-state index in [0.717, 1.165) is 10.7 Å². The molecule has 17 heavy (non-hydrogen) atoms. The highest BCUT2D eigenvalue weighted by atomic mass is 32.1. The van der Waals surface area contributed by atoms with Crippen LogP contribution in [-0.2, 0) is 6.54 Å². The van der Waals surface area contributed by atoms with Gasteiger partial charge in [-0.2, -0.15) is 0 Å². The SMILES string of the molecule is Cc1nc(Cn2cnc(C(N)=NO)n2)sc1C. The van der Waals surface area contributed by atoms with Crippen molar-refractivity contribution in [2.24, 2.45) is 10.9 Å². The molecule has 0 bridgehead atoms. The molecule has 0 radical (unpaired) electrons. The van der Waals surface area contributed by atoms with Crippen LogP contribution < -0.4 is 5.73 Å². The summed E-state index contributed by atoms with van der Waals surface area (Å²) in [5, 5.41) is 16.4. The van der Waals surface area contributed by atoms with Gasteiger partial charge in [0, 0.05) is 4.88 Å². The van der Waals surface area contributed by atoms with Crippen LogP contribution in [0, 0.1) is 13.8 Å². The third kappa shape index (κ3) is 2.41. The maximum Gasteiger partial charge on any atom is 0.219 e. The lowest BCUT2D eigenvalue weighted by Gasteiger charge is -1.94. The Bertz CT molecular complexity index is 538. The molecule has 2 aromatic rings. The number of hydrogen-bond acceptors (Lipinski definition) is 6. The van der Waals surface area contributed by atoms with E-state index in [9.17, 15) is 0 Å². The van der Waals surface area contributed by atoms with E-state index >= 15 is 0 Å².